The zero-order valence-corrected chi connectivity index (χ0v) is 22.2. The lowest BCUT2D eigenvalue weighted by atomic mass is 9.95. The van der Waals surface area contributed by atoms with Gasteiger partial charge in [0.2, 0.25) is 15.9 Å². The molecule has 0 aliphatic heterocycles. The van der Waals surface area contributed by atoms with Crippen molar-refractivity contribution < 1.29 is 30.8 Å². The van der Waals surface area contributed by atoms with E-state index < -0.39 is 51.0 Å². The minimum Gasteiger partial charge on any atom is -0.332 e. The van der Waals surface area contributed by atoms with Crippen molar-refractivity contribution in [2.75, 3.05) is 6.54 Å². The summed E-state index contributed by atoms with van der Waals surface area (Å²) in [6.07, 6.45) is -1.20. The molecule has 38 heavy (non-hydrogen) atoms. The summed E-state index contributed by atoms with van der Waals surface area (Å²) < 4.78 is 82.0. The summed E-state index contributed by atoms with van der Waals surface area (Å²) in [6, 6.07) is 12.5. The van der Waals surface area contributed by atoms with Crippen LogP contribution in [0.5, 0.6) is 0 Å². The van der Waals surface area contributed by atoms with E-state index in [0.29, 0.717) is 24.5 Å². The maximum Gasteiger partial charge on any atom is 0.416 e. The third-order valence-electron chi connectivity index (χ3n) is 6.61. The third kappa shape index (κ3) is 7.00. The molecule has 0 N–H and O–H groups in total. The zero-order chi connectivity index (χ0) is 27.3. The molecule has 1 aromatic heterocycles. The molecule has 0 unspecified atom stereocenters. The lowest BCUT2D eigenvalue weighted by molar-refractivity contribution is -0.137. The normalized spacial score (nSPS) is 15.1. The number of hydrogen-bond donors (Lipinski definition) is 0. The predicted molar refractivity (Wildman–Crippen MR) is 137 cm³/mol. The Morgan fingerprint density at radius 3 is 2.29 bits per heavy atom. The van der Waals surface area contributed by atoms with Gasteiger partial charge < -0.3 is 4.90 Å². The van der Waals surface area contributed by atoms with Gasteiger partial charge in [-0.2, -0.15) is 17.5 Å². The Hall–Kier alpha value is -2.76. The van der Waals surface area contributed by atoms with Gasteiger partial charge >= 0.3 is 6.18 Å². The van der Waals surface area contributed by atoms with E-state index in [-0.39, 0.29) is 13.1 Å². The van der Waals surface area contributed by atoms with E-state index in [1.54, 1.807) is 12.1 Å². The summed E-state index contributed by atoms with van der Waals surface area (Å²) in [5.74, 6) is -0.899. The average molecular weight is 569 g/mol. The molecule has 1 saturated carbocycles. The fourth-order valence-electron chi connectivity index (χ4n) is 4.61. The predicted octanol–water partition coefficient (Wildman–Crippen LogP) is 6.46. The van der Waals surface area contributed by atoms with Crippen LogP contribution in [0.1, 0.15) is 48.1 Å². The molecule has 1 aliphatic rings. The maximum atomic E-state index is 13.7. The highest BCUT2D eigenvalue weighted by molar-refractivity contribution is 7.89. The monoisotopic (exact) mass is 568 g/mol. The summed E-state index contributed by atoms with van der Waals surface area (Å²) in [5, 5.41) is 1.86. The lowest BCUT2D eigenvalue weighted by Gasteiger charge is -2.34. The Labute approximate surface area is 223 Å². The van der Waals surface area contributed by atoms with E-state index in [1.165, 1.54) is 28.4 Å². The molecule has 0 spiro atoms. The summed E-state index contributed by atoms with van der Waals surface area (Å²) in [6.45, 7) is -0.162. The molecule has 0 atom stereocenters. The molecule has 1 fully saturated rings. The van der Waals surface area contributed by atoms with Gasteiger partial charge in [-0.15, -0.1) is 11.3 Å². The highest BCUT2D eigenvalue weighted by atomic mass is 32.2. The van der Waals surface area contributed by atoms with Crippen molar-refractivity contribution in [3.8, 4) is 0 Å². The Kier molecular flexibility index (Phi) is 8.89. The molecule has 11 heteroatoms. The Bertz CT molecular complexity index is 1320. The number of alkyl halides is 3. The molecule has 1 aliphatic carbocycles. The van der Waals surface area contributed by atoms with Gasteiger partial charge in [0.15, 0.2) is 0 Å². The lowest BCUT2D eigenvalue weighted by Crippen LogP contribution is -2.47. The van der Waals surface area contributed by atoms with E-state index in [9.17, 15) is 30.8 Å². The van der Waals surface area contributed by atoms with Crippen LogP contribution < -0.4 is 0 Å². The van der Waals surface area contributed by atoms with Crippen LogP contribution in [0, 0.1) is 5.82 Å². The van der Waals surface area contributed by atoms with Gasteiger partial charge in [-0.05, 0) is 60.2 Å². The van der Waals surface area contributed by atoms with Crippen LogP contribution >= 0.6 is 11.3 Å². The van der Waals surface area contributed by atoms with Crippen molar-refractivity contribution in [1.82, 2.24) is 9.21 Å². The molecule has 0 saturated heterocycles. The summed E-state index contributed by atoms with van der Waals surface area (Å²) in [4.78, 5) is 15.6. The van der Waals surface area contributed by atoms with Crippen LogP contribution in [-0.2, 0) is 34.1 Å². The number of carbonyl (C=O) groups is 1. The number of sulfonamides is 1. The standard InChI is InChI=1S/C27H28F4N2O3S2/c28-22-13-11-20(12-14-22)17-32(18-24-9-5-15-37-24)26(34)19-33(23-7-2-1-3-8-23)38(35,36)25-10-4-6-21(16-25)27(29,30)31/h4-6,9-16,23H,1-3,7-8,17-19H2. The molecule has 0 bridgehead atoms. The Morgan fingerprint density at radius 2 is 1.66 bits per heavy atom. The van der Waals surface area contributed by atoms with Gasteiger partial charge in [-0.3, -0.25) is 4.79 Å². The molecule has 204 valence electrons. The molecule has 3 aromatic rings. The fraction of sp³-hybridized carbons (Fsp3) is 0.370. The number of amides is 1. The van der Waals surface area contributed by atoms with E-state index in [2.05, 4.69) is 0 Å². The number of rotatable bonds is 9. The number of carbonyl (C=O) groups excluding carboxylic acids is 1. The molecule has 0 radical (unpaired) electrons. The van der Waals surface area contributed by atoms with Crippen LogP contribution in [0.15, 0.2) is 70.9 Å². The summed E-state index contributed by atoms with van der Waals surface area (Å²) >= 11 is 1.44. The molecule has 5 nitrogen and oxygen atoms in total. The van der Waals surface area contributed by atoms with E-state index >= 15 is 0 Å². The number of thiophene rings is 1. The topological polar surface area (TPSA) is 57.7 Å². The molecule has 4 rings (SSSR count). The number of hydrogen-bond acceptors (Lipinski definition) is 4. The third-order valence-corrected chi connectivity index (χ3v) is 9.36. The van der Waals surface area contributed by atoms with Gasteiger partial charge in [0.1, 0.15) is 5.82 Å². The van der Waals surface area contributed by atoms with Crippen LogP contribution in [-0.4, -0.2) is 36.1 Å². The van der Waals surface area contributed by atoms with Crippen molar-refractivity contribution >= 4 is 27.3 Å². The van der Waals surface area contributed by atoms with Gasteiger partial charge in [-0.25, -0.2) is 12.8 Å². The molecular formula is C27H28F4N2O3S2. The van der Waals surface area contributed by atoms with Crippen LogP contribution in [0.3, 0.4) is 0 Å². The quantitative estimate of drug-likeness (QED) is 0.279. The second-order valence-corrected chi connectivity index (χ2v) is 12.2. The minimum absolute atomic E-state index is 0.124. The molecule has 1 amide bonds. The zero-order valence-electron chi connectivity index (χ0n) is 20.5. The molecule has 2 aromatic carbocycles. The smallest absolute Gasteiger partial charge is 0.332 e. The number of nitrogens with zero attached hydrogens (tertiary/aromatic N) is 2. The van der Waals surface area contributed by atoms with Gasteiger partial charge in [0.25, 0.3) is 0 Å². The Balaban J connectivity index is 1.65. The molecule has 1 heterocycles. The van der Waals surface area contributed by atoms with Crippen LogP contribution in [0.25, 0.3) is 0 Å². The second kappa shape index (κ2) is 12.0. The average Bonchev–Trinajstić information content (AvgIpc) is 3.41. The van der Waals surface area contributed by atoms with Gasteiger partial charge in [0.05, 0.1) is 23.5 Å². The highest BCUT2D eigenvalue weighted by Crippen LogP contribution is 2.33. The molecular weight excluding hydrogens is 540 g/mol. The van der Waals surface area contributed by atoms with Crippen LogP contribution in [0.2, 0.25) is 0 Å². The second-order valence-electron chi connectivity index (χ2n) is 9.32. The van der Waals surface area contributed by atoms with Gasteiger partial charge in [-0.1, -0.05) is 43.5 Å². The fourth-order valence-corrected chi connectivity index (χ4v) is 7.01. The Morgan fingerprint density at radius 1 is 0.947 bits per heavy atom. The summed E-state index contributed by atoms with van der Waals surface area (Å²) in [5.41, 5.74) is -0.398. The van der Waals surface area contributed by atoms with Crippen LogP contribution in [0.4, 0.5) is 17.6 Å². The minimum atomic E-state index is -4.70. The number of benzene rings is 2. The first-order chi connectivity index (χ1) is 18.0. The first-order valence-corrected chi connectivity index (χ1v) is 14.6. The first-order valence-electron chi connectivity index (χ1n) is 12.3. The van der Waals surface area contributed by atoms with Crippen molar-refractivity contribution in [1.29, 1.82) is 0 Å². The van der Waals surface area contributed by atoms with Crippen molar-refractivity contribution in [3.63, 3.8) is 0 Å². The maximum absolute atomic E-state index is 13.7. The summed E-state index contributed by atoms with van der Waals surface area (Å²) in [7, 11) is -4.41. The largest absolute Gasteiger partial charge is 0.416 e. The van der Waals surface area contributed by atoms with E-state index in [1.807, 2.05) is 17.5 Å². The highest BCUT2D eigenvalue weighted by Gasteiger charge is 2.37. The SMILES string of the molecule is O=C(CN(C1CCCCC1)S(=O)(=O)c1cccc(C(F)(F)F)c1)N(Cc1ccc(F)cc1)Cc1cccs1. The van der Waals surface area contributed by atoms with E-state index in [4.69, 9.17) is 0 Å². The van der Waals surface area contributed by atoms with E-state index in [0.717, 1.165) is 46.6 Å². The van der Waals surface area contributed by atoms with Crippen molar-refractivity contribution in [2.45, 2.75) is 62.3 Å². The van der Waals surface area contributed by atoms with Crippen molar-refractivity contribution in [2.24, 2.45) is 0 Å². The van der Waals surface area contributed by atoms with Gasteiger partial charge in [0, 0.05) is 17.5 Å². The first kappa shape index (κ1) is 28.3. The van der Waals surface area contributed by atoms with Crippen molar-refractivity contribution in [3.05, 3.63) is 87.9 Å². The number of halogens is 4.